The minimum Gasteiger partial charge on any atom is -0.497 e. The first-order valence-corrected chi connectivity index (χ1v) is 11.3. The molecule has 0 fully saturated rings. The van der Waals surface area contributed by atoms with Crippen LogP contribution in [0.5, 0.6) is 5.75 Å². The van der Waals surface area contributed by atoms with Gasteiger partial charge in [-0.25, -0.2) is 4.72 Å². The molecule has 1 N–H and O–H groups in total. The Labute approximate surface area is 192 Å². The Balaban J connectivity index is 2.02. The molecule has 0 bridgehead atoms. The third-order valence-electron chi connectivity index (χ3n) is 4.99. The number of carbonyl (C=O) groups is 2. The third-order valence-corrected chi connectivity index (χ3v) is 6.35. The zero-order chi connectivity index (χ0) is 24.6. The van der Waals surface area contributed by atoms with E-state index >= 15 is 0 Å². The maximum Gasteiger partial charge on any atom is 0.516 e. The van der Waals surface area contributed by atoms with Gasteiger partial charge in [0.2, 0.25) is 5.91 Å². The van der Waals surface area contributed by atoms with Gasteiger partial charge in [-0.15, -0.1) is 0 Å². The maximum absolute atomic E-state index is 13.3. The lowest BCUT2D eigenvalue weighted by Gasteiger charge is -2.12. The zero-order valence-corrected chi connectivity index (χ0v) is 18.9. The molecule has 1 heterocycles. The Morgan fingerprint density at radius 2 is 1.76 bits per heavy atom. The Bertz CT molecular complexity index is 1330. The van der Waals surface area contributed by atoms with E-state index in [-0.39, 0.29) is 12.0 Å². The highest BCUT2D eigenvalue weighted by molar-refractivity contribution is 7.90. The molecule has 0 saturated heterocycles. The number of aromatic nitrogens is 1. The number of ether oxygens (including phenoxy) is 1. The molecule has 0 saturated carbocycles. The second-order valence-electron chi connectivity index (χ2n) is 7.08. The van der Waals surface area contributed by atoms with Gasteiger partial charge in [0, 0.05) is 28.1 Å². The van der Waals surface area contributed by atoms with Crippen molar-refractivity contribution in [3.05, 3.63) is 64.3 Å². The van der Waals surface area contributed by atoms with Crippen LogP contribution in [-0.4, -0.2) is 37.4 Å². The minimum atomic E-state index is -5.82. The number of alkyl halides is 3. The second kappa shape index (κ2) is 9.06. The van der Waals surface area contributed by atoms with Gasteiger partial charge in [0.05, 0.1) is 12.6 Å². The molecule has 33 heavy (non-hydrogen) atoms. The summed E-state index contributed by atoms with van der Waals surface area (Å²) in [4.78, 5) is 25.3. The molecular formula is C21H18ClF3N2O5S. The predicted molar refractivity (Wildman–Crippen MR) is 116 cm³/mol. The first-order chi connectivity index (χ1) is 15.4. The molecule has 1 aromatic heterocycles. The standard InChI is InChI=1S/C21H18ClF3N2O5S/c1-12-16-11-15(32-2)7-8-18(16)27(20(29)13-3-5-14(22)6-4-13)17(12)9-10-19(28)26-33(30,31)21(23,24)25/h3-8,11H,9-10H2,1-2H3,(H,26,28). The smallest absolute Gasteiger partial charge is 0.497 e. The number of amides is 1. The van der Waals surface area contributed by atoms with E-state index in [0.29, 0.717) is 32.9 Å². The van der Waals surface area contributed by atoms with Crippen molar-refractivity contribution >= 4 is 44.3 Å². The van der Waals surface area contributed by atoms with Crippen molar-refractivity contribution in [2.24, 2.45) is 0 Å². The van der Waals surface area contributed by atoms with Crippen LogP contribution in [0.4, 0.5) is 13.2 Å². The lowest BCUT2D eigenvalue weighted by molar-refractivity contribution is -0.120. The molecule has 7 nitrogen and oxygen atoms in total. The highest BCUT2D eigenvalue weighted by atomic mass is 35.5. The quantitative estimate of drug-likeness (QED) is 0.545. The Hall–Kier alpha value is -3.05. The Morgan fingerprint density at radius 1 is 1.12 bits per heavy atom. The van der Waals surface area contributed by atoms with E-state index in [2.05, 4.69) is 0 Å². The molecule has 0 aliphatic rings. The van der Waals surface area contributed by atoms with Crippen LogP contribution in [0.1, 0.15) is 28.0 Å². The number of benzene rings is 2. The van der Waals surface area contributed by atoms with E-state index < -0.39 is 33.8 Å². The summed E-state index contributed by atoms with van der Waals surface area (Å²) in [5.41, 5.74) is -3.89. The van der Waals surface area contributed by atoms with Gasteiger partial charge >= 0.3 is 15.5 Å². The number of halogens is 4. The van der Waals surface area contributed by atoms with E-state index in [4.69, 9.17) is 16.3 Å². The fourth-order valence-corrected chi connectivity index (χ4v) is 3.99. The first kappa shape index (κ1) is 24.6. The predicted octanol–water partition coefficient (Wildman–Crippen LogP) is 4.20. The fourth-order valence-electron chi connectivity index (χ4n) is 3.35. The number of aryl methyl sites for hydroxylation is 1. The molecule has 1 amide bonds. The van der Waals surface area contributed by atoms with Crippen molar-refractivity contribution in [1.29, 1.82) is 0 Å². The average Bonchev–Trinajstić information content (AvgIpc) is 3.02. The first-order valence-electron chi connectivity index (χ1n) is 9.46. The number of hydrogen-bond donors (Lipinski definition) is 1. The van der Waals surface area contributed by atoms with Crippen LogP contribution in [0.3, 0.4) is 0 Å². The molecule has 0 spiro atoms. The summed E-state index contributed by atoms with van der Waals surface area (Å²) in [6, 6.07) is 11.1. The van der Waals surface area contributed by atoms with Gasteiger partial charge in [0.15, 0.2) is 0 Å². The van der Waals surface area contributed by atoms with Crippen molar-refractivity contribution in [3.63, 3.8) is 0 Å². The largest absolute Gasteiger partial charge is 0.516 e. The molecule has 3 aromatic rings. The number of methoxy groups -OCH3 is 1. The lowest BCUT2D eigenvalue weighted by Crippen LogP contribution is -2.40. The van der Waals surface area contributed by atoms with Gasteiger partial charge in [0.25, 0.3) is 5.91 Å². The molecule has 176 valence electrons. The van der Waals surface area contributed by atoms with E-state index in [1.54, 1.807) is 25.1 Å². The van der Waals surface area contributed by atoms with Crippen LogP contribution in [0.25, 0.3) is 10.9 Å². The number of rotatable bonds is 6. The highest BCUT2D eigenvalue weighted by Gasteiger charge is 2.46. The van der Waals surface area contributed by atoms with Crippen molar-refractivity contribution in [1.82, 2.24) is 9.29 Å². The van der Waals surface area contributed by atoms with E-state index in [1.807, 2.05) is 0 Å². The number of hydrogen-bond acceptors (Lipinski definition) is 5. The van der Waals surface area contributed by atoms with Crippen LogP contribution in [0.15, 0.2) is 42.5 Å². The molecule has 0 radical (unpaired) electrons. The molecule has 0 atom stereocenters. The zero-order valence-electron chi connectivity index (χ0n) is 17.4. The van der Waals surface area contributed by atoms with Crippen LogP contribution < -0.4 is 9.46 Å². The molecule has 0 aliphatic heterocycles. The van der Waals surface area contributed by atoms with Crippen LogP contribution in [0, 0.1) is 6.92 Å². The van der Waals surface area contributed by atoms with E-state index in [0.717, 1.165) is 4.72 Å². The highest BCUT2D eigenvalue weighted by Crippen LogP contribution is 2.31. The van der Waals surface area contributed by atoms with Crippen LogP contribution >= 0.6 is 11.6 Å². The molecule has 0 unspecified atom stereocenters. The molecule has 2 aromatic carbocycles. The lowest BCUT2D eigenvalue weighted by atomic mass is 10.1. The monoisotopic (exact) mass is 502 g/mol. The number of nitrogens with zero attached hydrogens (tertiary/aromatic N) is 1. The number of sulfonamides is 1. The summed E-state index contributed by atoms with van der Waals surface area (Å²) in [7, 11) is -4.35. The van der Waals surface area contributed by atoms with E-state index in [1.165, 1.54) is 35.9 Å². The molecular weight excluding hydrogens is 485 g/mol. The van der Waals surface area contributed by atoms with Gasteiger partial charge in [0.1, 0.15) is 5.75 Å². The average molecular weight is 503 g/mol. The van der Waals surface area contributed by atoms with Crippen LogP contribution in [-0.2, 0) is 21.2 Å². The topological polar surface area (TPSA) is 94.5 Å². The van der Waals surface area contributed by atoms with Gasteiger partial charge < -0.3 is 4.74 Å². The molecule has 3 rings (SSSR count). The summed E-state index contributed by atoms with van der Waals surface area (Å²) in [5.74, 6) is -1.28. The summed E-state index contributed by atoms with van der Waals surface area (Å²) < 4.78 is 67.6. The van der Waals surface area contributed by atoms with Gasteiger partial charge in [-0.05, 0) is 61.4 Å². The summed E-state index contributed by atoms with van der Waals surface area (Å²) in [5, 5.41) is 1.06. The third kappa shape index (κ3) is 4.98. The Morgan fingerprint density at radius 3 is 2.33 bits per heavy atom. The van der Waals surface area contributed by atoms with Crippen molar-refractivity contribution < 1.29 is 35.9 Å². The minimum absolute atomic E-state index is 0.193. The van der Waals surface area contributed by atoms with Gasteiger partial charge in [-0.2, -0.15) is 21.6 Å². The van der Waals surface area contributed by atoms with E-state index in [9.17, 15) is 31.2 Å². The number of fused-ring (bicyclic) bond motifs is 1. The Kier molecular flexibility index (Phi) is 6.75. The maximum atomic E-state index is 13.3. The second-order valence-corrected chi connectivity index (χ2v) is 9.19. The van der Waals surface area contributed by atoms with Crippen molar-refractivity contribution in [3.8, 4) is 5.75 Å². The number of carbonyl (C=O) groups excluding carboxylic acids is 2. The summed E-state index contributed by atoms with van der Waals surface area (Å²) in [6.45, 7) is 1.69. The summed E-state index contributed by atoms with van der Waals surface area (Å²) >= 11 is 5.89. The number of nitrogens with one attached hydrogen (secondary N) is 1. The van der Waals surface area contributed by atoms with Gasteiger partial charge in [-0.1, -0.05) is 11.6 Å². The SMILES string of the molecule is COc1ccc2c(c1)c(C)c(CCC(=O)NS(=O)(=O)C(F)(F)F)n2C(=O)c1ccc(Cl)cc1. The van der Waals surface area contributed by atoms with Crippen LogP contribution in [0.2, 0.25) is 5.02 Å². The summed E-state index contributed by atoms with van der Waals surface area (Å²) in [6.07, 6.45) is -0.793. The van der Waals surface area contributed by atoms with Gasteiger partial charge in [-0.3, -0.25) is 14.2 Å². The molecule has 0 aliphatic carbocycles. The van der Waals surface area contributed by atoms with Crippen molar-refractivity contribution in [2.75, 3.05) is 7.11 Å². The normalized spacial score (nSPS) is 12.1. The fraction of sp³-hybridized carbons (Fsp3) is 0.238. The van der Waals surface area contributed by atoms with Crippen molar-refractivity contribution in [2.45, 2.75) is 25.3 Å². The molecule has 12 heteroatoms.